The predicted molar refractivity (Wildman–Crippen MR) is 95.9 cm³/mol. The molecular formula is C21H22O4. The van der Waals surface area contributed by atoms with Gasteiger partial charge in [0.15, 0.2) is 6.29 Å². The maximum atomic E-state index is 6.06. The number of benzene rings is 2. The van der Waals surface area contributed by atoms with E-state index < -0.39 is 6.29 Å². The standard InChI is InChI=1S/C21H22O4/c1-3-7-16(8-4-1)11-20(17-9-5-2-6-10-17)21(24-14-18-12-22-18)25-15-19-13-23-19/h1-11,18-19,21H,12-15H2. The van der Waals surface area contributed by atoms with Crippen molar-refractivity contribution in [3.63, 3.8) is 0 Å². The Kier molecular flexibility index (Phi) is 5.23. The summed E-state index contributed by atoms with van der Waals surface area (Å²) in [4.78, 5) is 0. The quantitative estimate of drug-likeness (QED) is 0.399. The van der Waals surface area contributed by atoms with E-state index in [9.17, 15) is 0 Å². The smallest absolute Gasteiger partial charge is 0.184 e. The van der Waals surface area contributed by atoms with Crippen molar-refractivity contribution in [2.45, 2.75) is 18.5 Å². The molecule has 0 radical (unpaired) electrons. The van der Waals surface area contributed by atoms with Crippen LogP contribution in [0.5, 0.6) is 0 Å². The summed E-state index contributed by atoms with van der Waals surface area (Å²) in [5, 5.41) is 0. The normalized spacial score (nSPS) is 23.3. The number of epoxide rings is 2. The number of ether oxygens (including phenoxy) is 4. The summed E-state index contributed by atoms with van der Waals surface area (Å²) in [5.41, 5.74) is 3.21. The van der Waals surface area contributed by atoms with E-state index >= 15 is 0 Å². The molecule has 2 aliphatic rings. The highest BCUT2D eigenvalue weighted by molar-refractivity contribution is 5.83. The lowest BCUT2D eigenvalue weighted by Gasteiger charge is -2.22. The first-order valence-electron chi connectivity index (χ1n) is 8.67. The van der Waals surface area contributed by atoms with Gasteiger partial charge in [0.05, 0.1) is 26.4 Å². The van der Waals surface area contributed by atoms with Gasteiger partial charge in [0.1, 0.15) is 12.2 Å². The van der Waals surface area contributed by atoms with Gasteiger partial charge in [-0.1, -0.05) is 60.7 Å². The molecule has 4 heteroatoms. The zero-order valence-electron chi connectivity index (χ0n) is 14.0. The van der Waals surface area contributed by atoms with E-state index in [-0.39, 0.29) is 12.2 Å². The first kappa shape index (κ1) is 16.5. The molecule has 0 spiro atoms. The second-order valence-corrected chi connectivity index (χ2v) is 6.29. The molecule has 0 saturated carbocycles. The lowest BCUT2D eigenvalue weighted by atomic mass is 10.0. The Bertz CT molecular complexity index is 674. The third kappa shape index (κ3) is 5.00. The number of hydrogen-bond donors (Lipinski definition) is 0. The third-order valence-corrected chi connectivity index (χ3v) is 4.15. The summed E-state index contributed by atoms with van der Waals surface area (Å²) in [6, 6.07) is 20.4. The number of hydrogen-bond acceptors (Lipinski definition) is 4. The maximum Gasteiger partial charge on any atom is 0.184 e. The molecular weight excluding hydrogens is 316 g/mol. The van der Waals surface area contributed by atoms with Gasteiger partial charge in [-0.3, -0.25) is 0 Å². The minimum Gasteiger partial charge on any atom is -0.371 e. The predicted octanol–water partition coefficient (Wildman–Crippen LogP) is 3.38. The van der Waals surface area contributed by atoms with E-state index in [0.29, 0.717) is 13.2 Å². The molecule has 2 unspecified atom stereocenters. The first-order valence-corrected chi connectivity index (χ1v) is 8.67. The highest BCUT2D eigenvalue weighted by atomic mass is 16.7. The van der Waals surface area contributed by atoms with Gasteiger partial charge in [-0.2, -0.15) is 0 Å². The molecule has 130 valence electrons. The molecule has 2 saturated heterocycles. The molecule has 2 aromatic carbocycles. The molecule has 0 amide bonds. The van der Waals surface area contributed by atoms with Gasteiger partial charge in [0.25, 0.3) is 0 Å². The van der Waals surface area contributed by atoms with E-state index in [1.165, 1.54) is 0 Å². The average molecular weight is 338 g/mol. The molecule has 0 N–H and O–H groups in total. The Hall–Kier alpha value is -1.98. The fourth-order valence-corrected chi connectivity index (χ4v) is 2.59. The van der Waals surface area contributed by atoms with Crippen molar-refractivity contribution in [3.05, 3.63) is 71.8 Å². The van der Waals surface area contributed by atoms with Crippen molar-refractivity contribution >= 4 is 11.6 Å². The maximum absolute atomic E-state index is 6.06. The van der Waals surface area contributed by atoms with Crippen LogP contribution in [0.2, 0.25) is 0 Å². The van der Waals surface area contributed by atoms with Crippen LogP contribution in [0.1, 0.15) is 11.1 Å². The first-order chi connectivity index (χ1) is 12.4. The molecule has 0 aromatic heterocycles. The number of rotatable bonds is 9. The molecule has 0 bridgehead atoms. The van der Waals surface area contributed by atoms with Gasteiger partial charge in [0.2, 0.25) is 0 Å². The summed E-state index contributed by atoms with van der Waals surface area (Å²) in [5.74, 6) is 0. The van der Waals surface area contributed by atoms with Crippen LogP contribution in [-0.2, 0) is 18.9 Å². The van der Waals surface area contributed by atoms with Crippen LogP contribution in [0, 0.1) is 0 Å². The lowest BCUT2D eigenvalue weighted by Crippen LogP contribution is -2.23. The summed E-state index contributed by atoms with van der Waals surface area (Å²) in [6.07, 6.45) is 2.06. The van der Waals surface area contributed by atoms with Gasteiger partial charge >= 0.3 is 0 Å². The second-order valence-electron chi connectivity index (χ2n) is 6.29. The van der Waals surface area contributed by atoms with E-state index in [1.807, 2.05) is 36.4 Å². The highest BCUT2D eigenvalue weighted by Crippen LogP contribution is 2.27. The molecule has 4 nitrogen and oxygen atoms in total. The average Bonchev–Trinajstić information content (AvgIpc) is 3.56. The summed E-state index contributed by atoms with van der Waals surface area (Å²) < 4.78 is 22.7. The minimum absolute atomic E-state index is 0.192. The lowest BCUT2D eigenvalue weighted by molar-refractivity contribution is -0.110. The van der Waals surface area contributed by atoms with Gasteiger partial charge in [0, 0.05) is 5.57 Å². The molecule has 2 aliphatic heterocycles. The topological polar surface area (TPSA) is 43.5 Å². The minimum atomic E-state index is -0.448. The van der Waals surface area contributed by atoms with Crippen molar-refractivity contribution in [3.8, 4) is 0 Å². The molecule has 2 heterocycles. The van der Waals surface area contributed by atoms with Gasteiger partial charge in [-0.15, -0.1) is 0 Å². The molecule has 2 aromatic rings. The monoisotopic (exact) mass is 338 g/mol. The van der Waals surface area contributed by atoms with E-state index in [0.717, 1.165) is 29.9 Å². The fourth-order valence-electron chi connectivity index (χ4n) is 2.59. The van der Waals surface area contributed by atoms with Crippen molar-refractivity contribution < 1.29 is 18.9 Å². The van der Waals surface area contributed by atoms with Crippen LogP contribution < -0.4 is 0 Å². The molecule has 25 heavy (non-hydrogen) atoms. The third-order valence-electron chi connectivity index (χ3n) is 4.15. The SMILES string of the molecule is C(=C(c1ccccc1)C(OCC1CO1)OCC1CO1)c1ccccc1. The molecule has 2 atom stereocenters. The largest absolute Gasteiger partial charge is 0.371 e. The van der Waals surface area contributed by atoms with Gasteiger partial charge in [-0.05, 0) is 17.2 Å². The van der Waals surface area contributed by atoms with Crippen LogP contribution >= 0.6 is 0 Å². The Morgan fingerprint density at radius 1 is 0.880 bits per heavy atom. The van der Waals surface area contributed by atoms with Crippen molar-refractivity contribution in [2.75, 3.05) is 26.4 Å². The van der Waals surface area contributed by atoms with Crippen LogP contribution in [0.3, 0.4) is 0 Å². The molecule has 2 fully saturated rings. The van der Waals surface area contributed by atoms with Crippen molar-refractivity contribution in [1.82, 2.24) is 0 Å². The Morgan fingerprint density at radius 2 is 1.40 bits per heavy atom. The summed E-state index contributed by atoms with van der Waals surface area (Å²) >= 11 is 0. The van der Waals surface area contributed by atoms with Crippen LogP contribution in [0.15, 0.2) is 60.7 Å². The second kappa shape index (κ2) is 7.93. The zero-order valence-corrected chi connectivity index (χ0v) is 14.0. The zero-order chi connectivity index (χ0) is 16.9. The Morgan fingerprint density at radius 3 is 1.92 bits per heavy atom. The van der Waals surface area contributed by atoms with Crippen molar-refractivity contribution in [1.29, 1.82) is 0 Å². The van der Waals surface area contributed by atoms with E-state index in [4.69, 9.17) is 18.9 Å². The summed E-state index contributed by atoms with van der Waals surface area (Å²) in [6.45, 7) is 2.60. The summed E-state index contributed by atoms with van der Waals surface area (Å²) in [7, 11) is 0. The van der Waals surface area contributed by atoms with Crippen LogP contribution in [0.25, 0.3) is 11.6 Å². The van der Waals surface area contributed by atoms with Gasteiger partial charge in [-0.25, -0.2) is 0 Å². The van der Waals surface area contributed by atoms with Crippen LogP contribution in [0.4, 0.5) is 0 Å². The van der Waals surface area contributed by atoms with Crippen LogP contribution in [-0.4, -0.2) is 44.9 Å². The van der Waals surface area contributed by atoms with E-state index in [1.54, 1.807) is 0 Å². The Balaban J connectivity index is 1.60. The van der Waals surface area contributed by atoms with E-state index in [2.05, 4.69) is 30.3 Å². The van der Waals surface area contributed by atoms with Gasteiger partial charge < -0.3 is 18.9 Å². The highest BCUT2D eigenvalue weighted by Gasteiger charge is 2.29. The Labute approximate surface area is 148 Å². The van der Waals surface area contributed by atoms with Crippen molar-refractivity contribution in [2.24, 2.45) is 0 Å². The molecule has 4 rings (SSSR count). The molecule has 0 aliphatic carbocycles. The fraction of sp³-hybridized carbons (Fsp3) is 0.333.